The number of benzene rings is 2. The zero-order valence-electron chi connectivity index (χ0n) is 14.5. The molecule has 0 unspecified atom stereocenters. The van der Waals surface area contributed by atoms with Crippen LogP contribution in [0.15, 0.2) is 73.1 Å². The topological polar surface area (TPSA) is 47.4 Å². The summed E-state index contributed by atoms with van der Waals surface area (Å²) >= 11 is 0. The molecule has 0 aliphatic carbocycles. The third kappa shape index (κ3) is 3.68. The molecule has 0 radical (unpaired) electrons. The number of hydrogen-bond acceptors (Lipinski definition) is 3. The highest BCUT2D eigenvalue weighted by molar-refractivity contribution is 5.94. The van der Waals surface area contributed by atoms with Gasteiger partial charge < -0.3 is 9.64 Å². The maximum absolute atomic E-state index is 12.9. The molecule has 0 saturated carbocycles. The zero-order chi connectivity index (χ0) is 17.8. The number of nitrogens with zero attached hydrogens (tertiary/aromatic N) is 3. The monoisotopic (exact) mass is 347 g/mol. The second kappa shape index (κ2) is 7.54. The Balaban J connectivity index is 1.43. The lowest BCUT2D eigenvalue weighted by atomic mass is 10.1. The van der Waals surface area contributed by atoms with Crippen LogP contribution in [-0.4, -0.2) is 40.3 Å². The molecular weight excluding hydrogens is 326 g/mol. The van der Waals surface area contributed by atoms with E-state index in [1.165, 1.54) is 0 Å². The Morgan fingerprint density at radius 3 is 2.62 bits per heavy atom. The van der Waals surface area contributed by atoms with Gasteiger partial charge in [-0.3, -0.25) is 9.48 Å². The Kier molecular flexibility index (Phi) is 4.80. The van der Waals surface area contributed by atoms with E-state index in [0.717, 1.165) is 11.1 Å². The van der Waals surface area contributed by atoms with Gasteiger partial charge in [0, 0.05) is 24.5 Å². The Hall–Kier alpha value is -2.92. The van der Waals surface area contributed by atoms with Crippen molar-refractivity contribution in [1.82, 2.24) is 14.7 Å². The van der Waals surface area contributed by atoms with Gasteiger partial charge in [0.15, 0.2) is 0 Å². The number of amides is 1. The van der Waals surface area contributed by atoms with Gasteiger partial charge in [-0.05, 0) is 29.3 Å². The predicted molar refractivity (Wildman–Crippen MR) is 98.8 cm³/mol. The summed E-state index contributed by atoms with van der Waals surface area (Å²) in [5.41, 5.74) is 2.94. The van der Waals surface area contributed by atoms with Crippen LogP contribution in [0, 0.1) is 0 Å². The summed E-state index contributed by atoms with van der Waals surface area (Å²) in [4.78, 5) is 14.7. The second-order valence-electron chi connectivity index (χ2n) is 6.42. The SMILES string of the molecule is O=C(c1ccc(Cn2cccn2)cc1)N1CCO[C@@H](c2ccccc2)C1. The average molecular weight is 347 g/mol. The van der Waals surface area contributed by atoms with Gasteiger partial charge in [-0.15, -0.1) is 0 Å². The van der Waals surface area contributed by atoms with E-state index in [0.29, 0.717) is 31.8 Å². The van der Waals surface area contributed by atoms with Crippen molar-refractivity contribution < 1.29 is 9.53 Å². The minimum Gasteiger partial charge on any atom is -0.370 e. The van der Waals surface area contributed by atoms with Gasteiger partial charge in [0.25, 0.3) is 5.91 Å². The lowest BCUT2D eigenvalue weighted by molar-refractivity contribution is -0.0228. The van der Waals surface area contributed by atoms with E-state index < -0.39 is 0 Å². The molecule has 5 nitrogen and oxygen atoms in total. The third-order valence-corrected chi connectivity index (χ3v) is 4.63. The molecule has 1 aliphatic rings. The molecule has 1 saturated heterocycles. The van der Waals surface area contributed by atoms with Crippen molar-refractivity contribution in [3.63, 3.8) is 0 Å². The highest BCUT2D eigenvalue weighted by Gasteiger charge is 2.25. The first-order valence-corrected chi connectivity index (χ1v) is 8.82. The summed E-state index contributed by atoms with van der Waals surface area (Å²) < 4.78 is 7.72. The van der Waals surface area contributed by atoms with Crippen molar-refractivity contribution in [3.05, 3.63) is 89.7 Å². The molecule has 1 aromatic heterocycles. The van der Waals surface area contributed by atoms with Crippen molar-refractivity contribution >= 4 is 5.91 Å². The molecule has 0 bridgehead atoms. The van der Waals surface area contributed by atoms with E-state index >= 15 is 0 Å². The number of aromatic nitrogens is 2. The first-order valence-electron chi connectivity index (χ1n) is 8.82. The smallest absolute Gasteiger partial charge is 0.254 e. The molecule has 1 amide bonds. The summed E-state index contributed by atoms with van der Waals surface area (Å²) in [5.74, 6) is 0.0554. The van der Waals surface area contributed by atoms with Gasteiger partial charge in [0.1, 0.15) is 6.10 Å². The number of rotatable bonds is 4. The zero-order valence-corrected chi connectivity index (χ0v) is 14.5. The van der Waals surface area contributed by atoms with Crippen molar-refractivity contribution in [2.24, 2.45) is 0 Å². The Morgan fingerprint density at radius 1 is 1.08 bits per heavy atom. The van der Waals surface area contributed by atoms with Gasteiger partial charge in [-0.25, -0.2) is 0 Å². The Labute approximate surface area is 152 Å². The maximum atomic E-state index is 12.9. The molecule has 2 heterocycles. The molecule has 0 spiro atoms. The van der Waals surface area contributed by atoms with E-state index in [1.54, 1.807) is 6.20 Å². The van der Waals surface area contributed by atoms with E-state index in [9.17, 15) is 4.79 Å². The van der Waals surface area contributed by atoms with Gasteiger partial charge in [0.2, 0.25) is 0 Å². The molecule has 132 valence electrons. The van der Waals surface area contributed by atoms with Gasteiger partial charge in [0.05, 0.1) is 19.7 Å². The van der Waals surface area contributed by atoms with Crippen molar-refractivity contribution in [2.45, 2.75) is 12.6 Å². The highest BCUT2D eigenvalue weighted by atomic mass is 16.5. The minimum atomic E-state index is -0.0620. The van der Waals surface area contributed by atoms with Gasteiger partial charge >= 0.3 is 0 Å². The number of morpholine rings is 1. The number of carbonyl (C=O) groups is 1. The third-order valence-electron chi connectivity index (χ3n) is 4.63. The molecule has 5 heteroatoms. The van der Waals surface area contributed by atoms with Crippen LogP contribution < -0.4 is 0 Å². The molecule has 0 N–H and O–H groups in total. The van der Waals surface area contributed by atoms with Crippen LogP contribution in [-0.2, 0) is 11.3 Å². The minimum absolute atomic E-state index is 0.0554. The molecule has 3 aromatic rings. The molecule has 1 aliphatic heterocycles. The fourth-order valence-electron chi connectivity index (χ4n) is 3.22. The van der Waals surface area contributed by atoms with Crippen LogP contribution in [0.1, 0.15) is 27.6 Å². The van der Waals surface area contributed by atoms with Crippen LogP contribution in [0.2, 0.25) is 0 Å². The van der Waals surface area contributed by atoms with Crippen LogP contribution in [0.4, 0.5) is 0 Å². The van der Waals surface area contributed by atoms with Gasteiger partial charge in [-0.1, -0.05) is 42.5 Å². The second-order valence-corrected chi connectivity index (χ2v) is 6.42. The Morgan fingerprint density at radius 2 is 1.88 bits per heavy atom. The van der Waals surface area contributed by atoms with Crippen LogP contribution in [0.3, 0.4) is 0 Å². The van der Waals surface area contributed by atoms with E-state index in [2.05, 4.69) is 5.10 Å². The Bertz CT molecular complexity index is 845. The van der Waals surface area contributed by atoms with E-state index in [4.69, 9.17) is 4.74 Å². The maximum Gasteiger partial charge on any atom is 0.254 e. The summed E-state index contributed by atoms with van der Waals surface area (Å²) in [5, 5.41) is 4.21. The lowest BCUT2D eigenvalue weighted by Gasteiger charge is -2.33. The fourth-order valence-corrected chi connectivity index (χ4v) is 3.22. The summed E-state index contributed by atoms with van der Waals surface area (Å²) in [6, 6.07) is 19.7. The molecule has 4 rings (SSSR count). The number of carbonyl (C=O) groups excluding carboxylic acids is 1. The molecule has 26 heavy (non-hydrogen) atoms. The summed E-state index contributed by atoms with van der Waals surface area (Å²) in [6.45, 7) is 2.47. The summed E-state index contributed by atoms with van der Waals surface area (Å²) in [7, 11) is 0. The quantitative estimate of drug-likeness (QED) is 0.728. The molecule has 1 fully saturated rings. The highest BCUT2D eigenvalue weighted by Crippen LogP contribution is 2.23. The van der Waals surface area contributed by atoms with Crippen LogP contribution in [0.5, 0.6) is 0 Å². The lowest BCUT2D eigenvalue weighted by Crippen LogP contribution is -2.42. The standard InChI is InChI=1S/C21H21N3O2/c25-21(19-9-7-17(8-10-19)15-24-12-4-11-22-24)23-13-14-26-20(16-23)18-5-2-1-3-6-18/h1-12,20H,13-16H2/t20-/m1/s1. The van der Waals surface area contributed by atoms with Gasteiger partial charge in [-0.2, -0.15) is 5.10 Å². The molecule has 1 atom stereocenters. The largest absolute Gasteiger partial charge is 0.370 e. The normalized spacial score (nSPS) is 17.2. The first kappa shape index (κ1) is 16.5. The fraction of sp³-hybridized carbons (Fsp3) is 0.238. The van der Waals surface area contributed by atoms with E-state index in [1.807, 2.05) is 76.4 Å². The molecule has 2 aromatic carbocycles. The number of ether oxygens (including phenoxy) is 1. The van der Waals surface area contributed by atoms with Crippen molar-refractivity contribution in [3.8, 4) is 0 Å². The molecular formula is C21H21N3O2. The summed E-state index contributed by atoms with van der Waals surface area (Å²) in [6.07, 6.45) is 3.63. The number of hydrogen-bond donors (Lipinski definition) is 0. The van der Waals surface area contributed by atoms with Crippen molar-refractivity contribution in [2.75, 3.05) is 19.7 Å². The first-order chi connectivity index (χ1) is 12.8. The predicted octanol–water partition coefficient (Wildman–Crippen LogP) is 3.15. The van der Waals surface area contributed by atoms with Crippen molar-refractivity contribution in [1.29, 1.82) is 0 Å². The van der Waals surface area contributed by atoms with Crippen LogP contribution in [0.25, 0.3) is 0 Å². The van der Waals surface area contributed by atoms with Crippen LogP contribution >= 0.6 is 0 Å². The average Bonchev–Trinajstić information content (AvgIpc) is 3.22. The van der Waals surface area contributed by atoms with E-state index in [-0.39, 0.29) is 12.0 Å².